The summed E-state index contributed by atoms with van der Waals surface area (Å²) in [6.45, 7) is 0. The Morgan fingerprint density at radius 1 is 1.90 bits per heavy atom. The number of rotatable bonds is 3. The normalized spacial score (nSPS) is 8.80. The van der Waals surface area contributed by atoms with Gasteiger partial charge in [-0.05, 0) is 0 Å². The molecule has 0 spiro atoms. The van der Waals surface area contributed by atoms with Gasteiger partial charge in [0.1, 0.15) is 19.9 Å². The van der Waals surface area contributed by atoms with Crippen molar-refractivity contribution in [2.24, 2.45) is 5.16 Å². The smallest absolute Gasteiger partial charge is 0.244 e. The standard InChI is InChI=1S/C5H6N3O2/c1-10-8-4-7-5(9)2-3-6/h2,4H,1H3,(H,7,8,9). The summed E-state index contributed by atoms with van der Waals surface area (Å²) in [5.74, 6) is -0.525. The monoisotopic (exact) mass is 140 g/mol. The average Bonchev–Trinajstić information content (AvgIpc) is 1.89. The van der Waals surface area contributed by atoms with E-state index >= 15 is 0 Å². The van der Waals surface area contributed by atoms with Crippen molar-refractivity contribution in [3.63, 3.8) is 0 Å². The minimum absolute atomic E-state index is 0.525. The van der Waals surface area contributed by atoms with E-state index in [4.69, 9.17) is 5.26 Å². The van der Waals surface area contributed by atoms with Crippen molar-refractivity contribution in [1.29, 1.82) is 5.26 Å². The summed E-state index contributed by atoms with van der Waals surface area (Å²) in [4.78, 5) is 14.6. The van der Waals surface area contributed by atoms with Crippen molar-refractivity contribution in [2.45, 2.75) is 0 Å². The van der Waals surface area contributed by atoms with Gasteiger partial charge in [-0.15, -0.1) is 0 Å². The second-order valence-electron chi connectivity index (χ2n) is 1.20. The lowest BCUT2D eigenvalue weighted by atomic mass is 10.4. The number of carbonyl (C=O) groups excluding carboxylic acids is 1. The molecule has 53 valence electrons. The van der Waals surface area contributed by atoms with Gasteiger partial charge >= 0.3 is 0 Å². The fraction of sp³-hybridized carbons (Fsp3) is 0.200. The number of nitrogens with one attached hydrogen (secondary N) is 1. The van der Waals surface area contributed by atoms with Crippen LogP contribution in [0.3, 0.4) is 0 Å². The van der Waals surface area contributed by atoms with Gasteiger partial charge in [0.25, 0.3) is 0 Å². The Labute approximate surface area is 58.3 Å². The van der Waals surface area contributed by atoms with E-state index in [1.807, 2.05) is 0 Å². The van der Waals surface area contributed by atoms with Crippen molar-refractivity contribution in [3.05, 3.63) is 6.42 Å². The predicted molar refractivity (Wildman–Crippen MR) is 33.6 cm³/mol. The van der Waals surface area contributed by atoms with Gasteiger partial charge < -0.3 is 10.2 Å². The molecule has 1 amide bonds. The number of amides is 1. The molecule has 0 aromatic carbocycles. The van der Waals surface area contributed by atoms with Crippen LogP contribution < -0.4 is 5.32 Å². The zero-order chi connectivity index (χ0) is 7.82. The van der Waals surface area contributed by atoms with Crippen LogP contribution in [0.15, 0.2) is 5.16 Å². The first-order valence-corrected chi connectivity index (χ1v) is 2.39. The van der Waals surface area contributed by atoms with Crippen LogP contribution in [0.1, 0.15) is 0 Å². The highest BCUT2D eigenvalue weighted by Gasteiger charge is 1.94. The SMILES string of the molecule is CON=CNC(=O)[CH]C#N. The maximum Gasteiger partial charge on any atom is 0.244 e. The number of nitriles is 1. The highest BCUT2D eigenvalue weighted by molar-refractivity contribution is 5.95. The summed E-state index contributed by atoms with van der Waals surface area (Å²) in [5, 5.41) is 13.3. The zero-order valence-electron chi connectivity index (χ0n) is 5.37. The van der Waals surface area contributed by atoms with E-state index in [2.05, 4.69) is 15.3 Å². The highest BCUT2D eigenvalue weighted by atomic mass is 16.6. The Hall–Kier alpha value is -1.57. The number of hydrogen-bond acceptors (Lipinski definition) is 4. The molecule has 0 aromatic heterocycles. The second kappa shape index (κ2) is 5.56. The lowest BCUT2D eigenvalue weighted by Gasteiger charge is -1.89. The molecule has 0 aliphatic heterocycles. The topological polar surface area (TPSA) is 74.5 Å². The minimum Gasteiger partial charge on any atom is -0.398 e. The molecular formula is C5H6N3O2. The first-order valence-electron chi connectivity index (χ1n) is 2.39. The van der Waals surface area contributed by atoms with Crippen molar-refractivity contribution < 1.29 is 9.63 Å². The number of carbonyl (C=O) groups is 1. The molecule has 0 aliphatic carbocycles. The summed E-state index contributed by atoms with van der Waals surface area (Å²) in [7, 11) is 1.34. The molecular weight excluding hydrogens is 134 g/mol. The second-order valence-corrected chi connectivity index (χ2v) is 1.20. The molecule has 0 aliphatic rings. The lowest BCUT2D eigenvalue weighted by Crippen LogP contribution is -2.20. The van der Waals surface area contributed by atoms with E-state index in [1.54, 1.807) is 6.07 Å². The third-order valence-electron chi connectivity index (χ3n) is 0.561. The van der Waals surface area contributed by atoms with Crippen molar-refractivity contribution >= 4 is 12.2 Å². The summed E-state index contributed by atoms with van der Waals surface area (Å²) in [6, 6.07) is 1.55. The average molecular weight is 140 g/mol. The van der Waals surface area contributed by atoms with Crippen LogP contribution in [0, 0.1) is 17.8 Å². The van der Waals surface area contributed by atoms with Gasteiger partial charge in [0, 0.05) is 0 Å². The van der Waals surface area contributed by atoms with E-state index in [1.165, 1.54) is 7.11 Å². The molecule has 10 heavy (non-hydrogen) atoms. The van der Waals surface area contributed by atoms with Crippen molar-refractivity contribution in [2.75, 3.05) is 7.11 Å². The van der Waals surface area contributed by atoms with Gasteiger partial charge in [0.2, 0.25) is 5.91 Å². The molecule has 0 saturated carbocycles. The van der Waals surface area contributed by atoms with Gasteiger partial charge in [0.15, 0.2) is 0 Å². The van der Waals surface area contributed by atoms with E-state index < -0.39 is 5.91 Å². The summed E-state index contributed by atoms with van der Waals surface area (Å²) < 4.78 is 0. The molecule has 0 fully saturated rings. The van der Waals surface area contributed by atoms with Crippen LogP contribution in [0.25, 0.3) is 0 Å². The Morgan fingerprint density at radius 3 is 3.10 bits per heavy atom. The molecule has 5 heteroatoms. The maximum absolute atomic E-state index is 10.4. The number of hydrogen-bond donors (Lipinski definition) is 1. The summed E-state index contributed by atoms with van der Waals surface area (Å²) in [5.41, 5.74) is 0. The quantitative estimate of drug-likeness (QED) is 0.324. The molecule has 0 saturated heterocycles. The third kappa shape index (κ3) is 4.59. The van der Waals surface area contributed by atoms with E-state index in [0.29, 0.717) is 0 Å². The molecule has 0 heterocycles. The van der Waals surface area contributed by atoms with Crippen LogP contribution in [-0.2, 0) is 9.63 Å². The van der Waals surface area contributed by atoms with E-state index in [9.17, 15) is 4.79 Å². The van der Waals surface area contributed by atoms with Crippen LogP contribution in [0.5, 0.6) is 0 Å². The van der Waals surface area contributed by atoms with Crippen LogP contribution in [-0.4, -0.2) is 19.4 Å². The van der Waals surface area contributed by atoms with Crippen molar-refractivity contribution in [1.82, 2.24) is 5.32 Å². The highest BCUT2D eigenvalue weighted by Crippen LogP contribution is 1.69. The van der Waals surface area contributed by atoms with Gasteiger partial charge in [-0.25, -0.2) is 0 Å². The zero-order valence-corrected chi connectivity index (χ0v) is 5.37. The third-order valence-corrected chi connectivity index (χ3v) is 0.561. The van der Waals surface area contributed by atoms with Gasteiger partial charge in [-0.1, -0.05) is 5.16 Å². The van der Waals surface area contributed by atoms with Crippen LogP contribution in [0.2, 0.25) is 0 Å². The van der Waals surface area contributed by atoms with E-state index in [-0.39, 0.29) is 0 Å². The molecule has 1 radical (unpaired) electrons. The molecule has 1 N–H and O–H groups in total. The summed E-state index contributed by atoms with van der Waals surface area (Å²) >= 11 is 0. The molecule has 0 atom stereocenters. The van der Waals surface area contributed by atoms with Crippen LogP contribution >= 0.6 is 0 Å². The maximum atomic E-state index is 10.4. The predicted octanol–water partition coefficient (Wildman–Crippen LogP) is -0.580. The van der Waals surface area contributed by atoms with Gasteiger partial charge in [-0.2, -0.15) is 5.26 Å². The Bertz CT molecular complexity index is 170. The first kappa shape index (κ1) is 8.43. The summed E-state index contributed by atoms with van der Waals surface area (Å²) in [6.07, 6.45) is 1.87. The van der Waals surface area contributed by atoms with Crippen LogP contribution in [0.4, 0.5) is 0 Å². The molecule has 5 nitrogen and oxygen atoms in total. The minimum atomic E-state index is -0.525. The number of oxime groups is 1. The Balaban J connectivity index is 3.41. The Kier molecular flexibility index (Phi) is 4.69. The molecule has 0 rings (SSSR count). The fourth-order valence-electron chi connectivity index (χ4n) is 0.243. The number of nitrogens with zero attached hydrogens (tertiary/aromatic N) is 2. The molecule has 0 unspecified atom stereocenters. The van der Waals surface area contributed by atoms with Gasteiger partial charge in [0.05, 0.1) is 6.07 Å². The van der Waals surface area contributed by atoms with Crippen molar-refractivity contribution in [3.8, 4) is 6.07 Å². The molecule has 0 aromatic rings. The van der Waals surface area contributed by atoms with E-state index in [0.717, 1.165) is 12.8 Å². The Morgan fingerprint density at radius 2 is 2.60 bits per heavy atom. The largest absolute Gasteiger partial charge is 0.398 e. The van der Waals surface area contributed by atoms with Gasteiger partial charge in [-0.3, -0.25) is 4.79 Å². The first-order chi connectivity index (χ1) is 4.81. The fourth-order valence-corrected chi connectivity index (χ4v) is 0.243. The molecule has 0 bridgehead atoms. The lowest BCUT2D eigenvalue weighted by molar-refractivity contribution is -0.116.